The molecule has 0 fully saturated rings. The van der Waals surface area contributed by atoms with Crippen molar-refractivity contribution >= 4 is 38.9 Å². The fourth-order valence-electron chi connectivity index (χ4n) is 1.98. The molecule has 0 amide bonds. The van der Waals surface area contributed by atoms with Crippen LogP contribution in [-0.2, 0) is 10.0 Å². The summed E-state index contributed by atoms with van der Waals surface area (Å²) < 4.78 is 27.3. The van der Waals surface area contributed by atoms with Crippen LogP contribution in [-0.4, -0.2) is 14.5 Å². The molecule has 4 nitrogen and oxygen atoms in total. The topological polar surface area (TPSA) is 72.2 Å². The highest BCUT2D eigenvalue weighted by atomic mass is 35.5. The summed E-state index contributed by atoms with van der Waals surface area (Å²) in [6.07, 6.45) is 1.75. The Morgan fingerprint density at radius 3 is 2.20 bits per heavy atom. The minimum Gasteiger partial charge on any atom is -0.399 e. The number of rotatable bonds is 6. The van der Waals surface area contributed by atoms with Crippen LogP contribution in [0, 0.1) is 5.92 Å². The molecule has 0 saturated heterocycles. The Morgan fingerprint density at radius 2 is 1.75 bits per heavy atom. The quantitative estimate of drug-likeness (QED) is 0.777. The molecule has 1 rings (SSSR count). The molecule has 0 spiro atoms. The van der Waals surface area contributed by atoms with Gasteiger partial charge in [-0.15, -0.1) is 0 Å². The van der Waals surface area contributed by atoms with Gasteiger partial charge in [0.25, 0.3) is 0 Å². The predicted octanol–water partition coefficient (Wildman–Crippen LogP) is 3.68. The van der Waals surface area contributed by atoms with Crippen molar-refractivity contribution in [3.8, 4) is 0 Å². The number of halogens is 2. The number of hydrogen-bond donors (Lipinski definition) is 2. The van der Waals surface area contributed by atoms with Crippen LogP contribution in [0.2, 0.25) is 10.0 Å². The summed E-state index contributed by atoms with van der Waals surface area (Å²) in [5.41, 5.74) is 5.90. The third kappa shape index (κ3) is 4.52. The zero-order valence-corrected chi connectivity index (χ0v) is 14.1. The van der Waals surface area contributed by atoms with Crippen molar-refractivity contribution in [1.82, 2.24) is 4.72 Å². The maximum Gasteiger partial charge on any atom is 0.243 e. The van der Waals surface area contributed by atoms with Gasteiger partial charge in [0, 0.05) is 11.7 Å². The maximum atomic E-state index is 12.3. The highest BCUT2D eigenvalue weighted by Gasteiger charge is 2.24. The average Bonchev–Trinajstić information content (AvgIpc) is 2.25. The maximum absolute atomic E-state index is 12.3. The van der Waals surface area contributed by atoms with Crippen LogP contribution in [0.4, 0.5) is 5.69 Å². The Hall–Kier alpha value is -0.490. The summed E-state index contributed by atoms with van der Waals surface area (Å²) in [5.74, 6) is 0.435. The van der Waals surface area contributed by atoms with E-state index in [1.807, 2.05) is 6.92 Å². The van der Waals surface area contributed by atoms with E-state index in [2.05, 4.69) is 18.6 Å². The zero-order valence-electron chi connectivity index (χ0n) is 11.8. The fraction of sp³-hybridized carbons (Fsp3) is 0.538. The van der Waals surface area contributed by atoms with Crippen molar-refractivity contribution in [3.05, 3.63) is 22.2 Å². The van der Waals surface area contributed by atoms with Crippen LogP contribution in [0.1, 0.15) is 33.6 Å². The fourth-order valence-corrected chi connectivity index (χ4v) is 4.47. The summed E-state index contributed by atoms with van der Waals surface area (Å²) in [7, 11) is -3.76. The summed E-state index contributed by atoms with van der Waals surface area (Å²) in [6.45, 7) is 5.97. The first-order valence-corrected chi connectivity index (χ1v) is 8.68. The molecule has 1 aromatic rings. The van der Waals surface area contributed by atoms with E-state index < -0.39 is 10.0 Å². The van der Waals surface area contributed by atoms with Crippen LogP contribution in [0.5, 0.6) is 0 Å². The molecule has 0 heterocycles. The molecule has 0 aromatic heterocycles. The molecule has 114 valence electrons. The molecular weight excluding hydrogens is 319 g/mol. The van der Waals surface area contributed by atoms with Crippen LogP contribution >= 0.6 is 23.2 Å². The van der Waals surface area contributed by atoms with Crippen molar-refractivity contribution in [2.75, 3.05) is 5.73 Å². The van der Waals surface area contributed by atoms with E-state index in [-0.39, 0.29) is 21.0 Å². The molecule has 0 aliphatic carbocycles. The summed E-state index contributed by atoms with van der Waals surface area (Å²) >= 11 is 11.9. The molecular formula is C13H20Cl2N2O2S. The van der Waals surface area contributed by atoms with E-state index in [9.17, 15) is 8.42 Å². The first kappa shape index (κ1) is 17.6. The number of anilines is 1. The van der Waals surface area contributed by atoms with Crippen LogP contribution < -0.4 is 10.5 Å². The van der Waals surface area contributed by atoms with Gasteiger partial charge in [-0.25, -0.2) is 13.1 Å². The van der Waals surface area contributed by atoms with Crippen molar-refractivity contribution < 1.29 is 8.42 Å². The third-order valence-electron chi connectivity index (χ3n) is 3.10. The van der Waals surface area contributed by atoms with Gasteiger partial charge in [0.1, 0.15) is 4.90 Å². The van der Waals surface area contributed by atoms with Gasteiger partial charge in [-0.1, -0.05) is 43.5 Å². The highest BCUT2D eigenvalue weighted by molar-refractivity contribution is 7.89. The second-order valence-corrected chi connectivity index (χ2v) is 7.55. The van der Waals surface area contributed by atoms with Gasteiger partial charge >= 0.3 is 0 Å². The van der Waals surface area contributed by atoms with Gasteiger partial charge in [0.2, 0.25) is 10.0 Å². The number of hydrogen-bond acceptors (Lipinski definition) is 3. The van der Waals surface area contributed by atoms with Crippen molar-refractivity contribution in [3.63, 3.8) is 0 Å². The molecule has 0 saturated carbocycles. The monoisotopic (exact) mass is 338 g/mol. The van der Waals surface area contributed by atoms with E-state index in [1.54, 1.807) is 0 Å². The van der Waals surface area contributed by atoms with Gasteiger partial charge in [-0.3, -0.25) is 0 Å². The number of nitrogens with two attached hydrogens (primary N) is 1. The van der Waals surface area contributed by atoms with Crippen LogP contribution in [0.25, 0.3) is 0 Å². The molecule has 0 radical (unpaired) electrons. The Kier molecular flexibility index (Phi) is 6.13. The largest absolute Gasteiger partial charge is 0.399 e. The molecule has 7 heteroatoms. The smallest absolute Gasteiger partial charge is 0.243 e. The molecule has 0 aliphatic heterocycles. The number of nitrogens with one attached hydrogen (secondary N) is 1. The number of benzene rings is 1. The molecule has 1 aromatic carbocycles. The molecule has 0 bridgehead atoms. The van der Waals surface area contributed by atoms with Gasteiger partial charge in [-0.2, -0.15) is 0 Å². The Labute approximate surface area is 130 Å². The first-order chi connectivity index (χ1) is 9.17. The molecule has 0 aliphatic rings. The molecule has 2 atom stereocenters. The van der Waals surface area contributed by atoms with Gasteiger partial charge < -0.3 is 5.73 Å². The molecule has 2 unspecified atom stereocenters. The Balaban J connectivity index is 3.01. The second-order valence-electron chi connectivity index (χ2n) is 5.09. The van der Waals surface area contributed by atoms with Gasteiger partial charge in [0.15, 0.2) is 0 Å². The summed E-state index contributed by atoms with van der Waals surface area (Å²) in [5, 5.41) is 0.0523. The number of nitrogen functional groups attached to an aromatic ring is 1. The standard InChI is InChI=1S/C13H20Cl2N2O2S/c1-4-8(2)5-9(3)17-20(18,19)13-11(14)6-10(16)7-12(13)15/h6-9,17H,4-5,16H2,1-3H3. The lowest BCUT2D eigenvalue weighted by molar-refractivity contribution is 0.445. The second kappa shape index (κ2) is 6.98. The zero-order chi connectivity index (χ0) is 15.5. The lowest BCUT2D eigenvalue weighted by Crippen LogP contribution is -2.34. The minimum atomic E-state index is -3.76. The predicted molar refractivity (Wildman–Crippen MR) is 84.7 cm³/mol. The van der Waals surface area contributed by atoms with Gasteiger partial charge in [-0.05, 0) is 31.4 Å². The van der Waals surface area contributed by atoms with E-state index in [1.165, 1.54) is 12.1 Å². The highest BCUT2D eigenvalue weighted by Crippen LogP contribution is 2.32. The van der Waals surface area contributed by atoms with Crippen LogP contribution in [0.15, 0.2) is 17.0 Å². The first-order valence-electron chi connectivity index (χ1n) is 6.44. The Morgan fingerprint density at radius 1 is 1.25 bits per heavy atom. The minimum absolute atomic E-state index is 0.0261. The lowest BCUT2D eigenvalue weighted by atomic mass is 10.0. The normalized spacial score (nSPS) is 15.1. The van der Waals surface area contributed by atoms with Crippen molar-refractivity contribution in [2.45, 2.75) is 44.6 Å². The van der Waals surface area contributed by atoms with Crippen molar-refractivity contribution in [1.29, 1.82) is 0 Å². The Bertz CT molecular complexity index is 553. The third-order valence-corrected chi connectivity index (χ3v) is 5.61. The van der Waals surface area contributed by atoms with Crippen molar-refractivity contribution in [2.24, 2.45) is 5.92 Å². The summed E-state index contributed by atoms with van der Waals surface area (Å²) in [6, 6.07) is 2.56. The molecule has 20 heavy (non-hydrogen) atoms. The SMILES string of the molecule is CCC(C)CC(C)NS(=O)(=O)c1c(Cl)cc(N)cc1Cl. The van der Waals surface area contributed by atoms with E-state index >= 15 is 0 Å². The van der Waals surface area contributed by atoms with E-state index in [0.29, 0.717) is 11.6 Å². The summed E-state index contributed by atoms with van der Waals surface area (Å²) in [4.78, 5) is -0.119. The van der Waals surface area contributed by atoms with Gasteiger partial charge in [0.05, 0.1) is 10.0 Å². The van der Waals surface area contributed by atoms with Crippen LogP contribution in [0.3, 0.4) is 0 Å². The van der Waals surface area contributed by atoms with E-state index in [0.717, 1.165) is 12.8 Å². The average molecular weight is 339 g/mol. The number of sulfonamides is 1. The van der Waals surface area contributed by atoms with E-state index in [4.69, 9.17) is 28.9 Å². The molecule has 3 N–H and O–H groups in total. The lowest BCUT2D eigenvalue weighted by Gasteiger charge is -2.18.